The molecular weight excluding hydrogens is 424 g/mol. The topological polar surface area (TPSA) is 135 Å². The van der Waals surface area contributed by atoms with Crippen molar-refractivity contribution in [3.63, 3.8) is 0 Å². The third kappa shape index (κ3) is 10.2. The minimum absolute atomic E-state index is 0.658. The van der Waals surface area contributed by atoms with Gasteiger partial charge >= 0.3 is 0 Å². The van der Waals surface area contributed by atoms with E-state index in [4.69, 9.17) is 22.9 Å². The predicted molar refractivity (Wildman–Crippen MR) is 144 cm³/mol. The minimum Gasteiger partial charge on any atom is -0.329 e. The van der Waals surface area contributed by atoms with Gasteiger partial charge in [-0.2, -0.15) is 0 Å². The molecule has 8 heteroatoms. The Labute approximate surface area is 206 Å². The zero-order valence-electron chi connectivity index (χ0n) is 20.7. The highest BCUT2D eigenvalue weighted by Gasteiger charge is 2.10. The maximum atomic E-state index is 5.72. The monoisotopic (exact) mass is 470 g/mol. The Balaban J connectivity index is 1.96. The lowest BCUT2D eigenvalue weighted by Gasteiger charge is -2.21. The SMILES string of the molecule is NCCN(CCN)CCNCc1ccccc1-c1ccccc1CNCCN(CCN)CCN. The number of rotatable bonds is 19. The average molecular weight is 471 g/mol. The molecule has 2 rings (SSSR count). The smallest absolute Gasteiger partial charge is 0.0212 e. The van der Waals surface area contributed by atoms with E-state index < -0.39 is 0 Å². The third-order valence-electron chi connectivity index (χ3n) is 5.95. The molecule has 2 aromatic rings. The molecule has 34 heavy (non-hydrogen) atoms. The molecule has 0 saturated carbocycles. The van der Waals surface area contributed by atoms with Crippen molar-refractivity contribution in [1.29, 1.82) is 0 Å². The predicted octanol–water partition coefficient (Wildman–Crippen LogP) is -0.0284. The summed E-state index contributed by atoms with van der Waals surface area (Å²) >= 11 is 0. The van der Waals surface area contributed by atoms with Crippen LogP contribution >= 0.6 is 0 Å². The normalized spacial score (nSPS) is 11.6. The Kier molecular flexibility index (Phi) is 14.6. The summed E-state index contributed by atoms with van der Waals surface area (Å²) in [7, 11) is 0. The number of nitrogens with two attached hydrogens (primary N) is 4. The molecule has 0 aliphatic rings. The summed E-state index contributed by atoms with van der Waals surface area (Å²) in [5.74, 6) is 0. The molecule has 2 aromatic carbocycles. The summed E-state index contributed by atoms with van der Waals surface area (Å²) in [5, 5.41) is 7.20. The van der Waals surface area contributed by atoms with Gasteiger partial charge in [0.15, 0.2) is 0 Å². The van der Waals surface area contributed by atoms with Crippen LogP contribution in [0.15, 0.2) is 48.5 Å². The summed E-state index contributed by atoms with van der Waals surface area (Å²) in [5.41, 5.74) is 28.0. The zero-order valence-corrected chi connectivity index (χ0v) is 20.7. The molecular formula is C26H46N8. The van der Waals surface area contributed by atoms with E-state index in [1.165, 1.54) is 22.3 Å². The Morgan fingerprint density at radius 1 is 0.500 bits per heavy atom. The summed E-state index contributed by atoms with van der Waals surface area (Å²) < 4.78 is 0. The van der Waals surface area contributed by atoms with Gasteiger partial charge in [-0.15, -0.1) is 0 Å². The number of hydrogen-bond acceptors (Lipinski definition) is 8. The van der Waals surface area contributed by atoms with Gasteiger partial charge in [-0.1, -0.05) is 48.5 Å². The van der Waals surface area contributed by atoms with E-state index in [0.29, 0.717) is 26.2 Å². The van der Waals surface area contributed by atoms with Gasteiger partial charge in [-0.05, 0) is 22.3 Å². The molecule has 0 aromatic heterocycles. The van der Waals surface area contributed by atoms with Crippen LogP contribution in [0.3, 0.4) is 0 Å². The number of nitrogens with one attached hydrogen (secondary N) is 2. The Hall–Kier alpha value is -1.88. The first-order valence-electron chi connectivity index (χ1n) is 12.6. The molecule has 10 N–H and O–H groups in total. The van der Waals surface area contributed by atoms with Crippen LogP contribution in [0.2, 0.25) is 0 Å². The zero-order chi connectivity index (χ0) is 24.4. The van der Waals surface area contributed by atoms with Crippen LogP contribution in [0.25, 0.3) is 11.1 Å². The number of hydrogen-bond donors (Lipinski definition) is 6. The van der Waals surface area contributed by atoms with Crippen LogP contribution in [0.1, 0.15) is 11.1 Å². The van der Waals surface area contributed by atoms with E-state index in [1.54, 1.807) is 0 Å². The summed E-state index contributed by atoms with van der Waals surface area (Å²) in [6.07, 6.45) is 0. The van der Waals surface area contributed by atoms with E-state index in [1.807, 2.05) is 0 Å². The van der Waals surface area contributed by atoms with Crippen LogP contribution in [0.5, 0.6) is 0 Å². The fourth-order valence-electron chi connectivity index (χ4n) is 4.20. The van der Waals surface area contributed by atoms with E-state index in [-0.39, 0.29) is 0 Å². The van der Waals surface area contributed by atoms with E-state index >= 15 is 0 Å². The first-order chi connectivity index (χ1) is 16.7. The van der Waals surface area contributed by atoms with E-state index in [2.05, 4.69) is 69.0 Å². The second-order valence-electron chi connectivity index (χ2n) is 8.51. The second-order valence-corrected chi connectivity index (χ2v) is 8.51. The van der Waals surface area contributed by atoms with Crippen molar-refractivity contribution in [2.45, 2.75) is 13.1 Å². The van der Waals surface area contributed by atoms with Crippen molar-refractivity contribution in [2.24, 2.45) is 22.9 Å². The molecule has 0 amide bonds. The van der Waals surface area contributed by atoms with Gasteiger partial charge in [0.2, 0.25) is 0 Å². The molecule has 0 unspecified atom stereocenters. The molecule has 0 spiro atoms. The summed E-state index contributed by atoms with van der Waals surface area (Å²) in [6, 6.07) is 17.3. The lowest BCUT2D eigenvalue weighted by Crippen LogP contribution is -2.38. The minimum atomic E-state index is 0.658. The van der Waals surface area contributed by atoms with E-state index in [9.17, 15) is 0 Å². The van der Waals surface area contributed by atoms with Gasteiger partial charge in [0, 0.05) is 91.6 Å². The Bertz CT molecular complexity index is 707. The van der Waals surface area contributed by atoms with Crippen LogP contribution in [-0.2, 0) is 13.1 Å². The van der Waals surface area contributed by atoms with Crippen LogP contribution in [0.4, 0.5) is 0 Å². The van der Waals surface area contributed by atoms with Gasteiger partial charge in [0.25, 0.3) is 0 Å². The lowest BCUT2D eigenvalue weighted by atomic mass is 9.95. The quantitative estimate of drug-likeness (QED) is 0.158. The maximum Gasteiger partial charge on any atom is 0.0212 e. The maximum absolute atomic E-state index is 5.72. The van der Waals surface area contributed by atoms with Crippen molar-refractivity contribution in [3.05, 3.63) is 59.7 Å². The van der Waals surface area contributed by atoms with Crippen molar-refractivity contribution < 1.29 is 0 Å². The number of benzene rings is 2. The molecule has 0 aliphatic heterocycles. The first kappa shape index (κ1) is 28.4. The third-order valence-corrected chi connectivity index (χ3v) is 5.95. The Morgan fingerprint density at radius 3 is 1.21 bits per heavy atom. The molecule has 0 heterocycles. The highest BCUT2D eigenvalue weighted by Crippen LogP contribution is 2.27. The molecule has 0 aliphatic carbocycles. The highest BCUT2D eigenvalue weighted by molar-refractivity contribution is 5.70. The van der Waals surface area contributed by atoms with Crippen LogP contribution in [0, 0.1) is 0 Å². The van der Waals surface area contributed by atoms with Crippen LogP contribution < -0.4 is 33.6 Å². The molecule has 8 nitrogen and oxygen atoms in total. The fourth-order valence-corrected chi connectivity index (χ4v) is 4.20. The van der Waals surface area contributed by atoms with Gasteiger partial charge < -0.3 is 33.6 Å². The van der Waals surface area contributed by atoms with Gasteiger partial charge in [0.05, 0.1) is 0 Å². The molecule has 190 valence electrons. The van der Waals surface area contributed by atoms with Crippen molar-refractivity contribution in [1.82, 2.24) is 20.4 Å². The summed E-state index contributed by atoms with van der Waals surface area (Å²) in [4.78, 5) is 4.62. The summed E-state index contributed by atoms with van der Waals surface area (Å²) in [6.45, 7) is 11.5. The van der Waals surface area contributed by atoms with Crippen molar-refractivity contribution >= 4 is 0 Å². The molecule has 0 atom stereocenters. The van der Waals surface area contributed by atoms with E-state index in [0.717, 1.165) is 65.4 Å². The fraction of sp³-hybridized carbons (Fsp3) is 0.538. The van der Waals surface area contributed by atoms with Crippen molar-refractivity contribution in [2.75, 3.05) is 78.5 Å². The molecule has 0 fully saturated rings. The molecule has 0 bridgehead atoms. The highest BCUT2D eigenvalue weighted by atomic mass is 15.2. The largest absolute Gasteiger partial charge is 0.329 e. The average Bonchev–Trinajstić information content (AvgIpc) is 2.85. The van der Waals surface area contributed by atoms with Gasteiger partial charge in [-0.25, -0.2) is 0 Å². The van der Waals surface area contributed by atoms with Crippen molar-refractivity contribution in [3.8, 4) is 11.1 Å². The molecule has 0 radical (unpaired) electrons. The standard InChI is InChI=1S/C26H46N8/c27-9-15-33(16-10-28)19-13-31-21-23-5-1-3-7-25(23)26-8-4-2-6-24(26)22-32-14-20-34(17-11-29)18-12-30/h1-8,31-32H,9-22,27-30H2. The van der Waals surface area contributed by atoms with Gasteiger partial charge in [0.1, 0.15) is 0 Å². The Morgan fingerprint density at radius 2 is 0.853 bits per heavy atom. The molecule has 0 saturated heterocycles. The number of nitrogens with zero attached hydrogens (tertiary/aromatic N) is 2. The first-order valence-corrected chi connectivity index (χ1v) is 12.6. The van der Waals surface area contributed by atoms with Crippen LogP contribution in [-0.4, -0.2) is 88.3 Å². The lowest BCUT2D eigenvalue weighted by molar-refractivity contribution is 0.287. The van der Waals surface area contributed by atoms with Gasteiger partial charge in [-0.3, -0.25) is 9.80 Å². The second kappa shape index (κ2) is 17.5.